The third-order valence-corrected chi connectivity index (χ3v) is 3.49. The van der Waals surface area contributed by atoms with Gasteiger partial charge in [-0.1, -0.05) is 20.8 Å². The molecule has 0 aromatic heterocycles. The molecule has 102 valence electrons. The highest BCUT2D eigenvalue weighted by Gasteiger charge is 2.28. The molecule has 2 heteroatoms. The van der Waals surface area contributed by atoms with Gasteiger partial charge in [0.2, 0.25) is 0 Å². The molecule has 0 spiro atoms. The van der Waals surface area contributed by atoms with Crippen molar-refractivity contribution >= 4 is 0 Å². The van der Waals surface area contributed by atoms with Crippen molar-refractivity contribution in [3.63, 3.8) is 0 Å². The van der Waals surface area contributed by atoms with E-state index < -0.39 is 0 Å². The average Bonchev–Trinajstić information content (AvgIpc) is 3.08. The van der Waals surface area contributed by atoms with E-state index in [1.165, 1.54) is 51.7 Å². The maximum Gasteiger partial charge on any atom is 0.00965 e. The van der Waals surface area contributed by atoms with Crippen molar-refractivity contribution < 1.29 is 0 Å². The van der Waals surface area contributed by atoms with Crippen LogP contribution in [-0.2, 0) is 0 Å². The van der Waals surface area contributed by atoms with Gasteiger partial charge in [0.25, 0.3) is 0 Å². The Balaban J connectivity index is 2.09. The van der Waals surface area contributed by atoms with Crippen LogP contribution >= 0.6 is 0 Å². The fourth-order valence-corrected chi connectivity index (χ4v) is 2.42. The molecule has 1 unspecified atom stereocenters. The number of hydrogen-bond acceptors (Lipinski definition) is 2. The topological polar surface area (TPSA) is 15.3 Å². The average molecular weight is 240 g/mol. The quantitative estimate of drug-likeness (QED) is 0.630. The van der Waals surface area contributed by atoms with E-state index in [0.717, 1.165) is 12.0 Å². The first-order chi connectivity index (χ1) is 8.13. The van der Waals surface area contributed by atoms with Crippen LogP contribution in [0.2, 0.25) is 0 Å². The fourth-order valence-electron chi connectivity index (χ4n) is 2.42. The van der Waals surface area contributed by atoms with Crippen LogP contribution in [0.5, 0.6) is 0 Å². The van der Waals surface area contributed by atoms with Crippen LogP contribution in [0.1, 0.15) is 59.8 Å². The normalized spacial score (nSPS) is 18.0. The smallest absolute Gasteiger partial charge is 0.00965 e. The molecule has 1 aliphatic rings. The Bertz CT molecular complexity index is 187. The van der Waals surface area contributed by atoms with Gasteiger partial charge in [-0.2, -0.15) is 0 Å². The molecule has 0 aromatic rings. The van der Waals surface area contributed by atoms with Crippen molar-refractivity contribution in [3.05, 3.63) is 0 Å². The number of nitrogens with zero attached hydrogens (tertiary/aromatic N) is 1. The summed E-state index contributed by atoms with van der Waals surface area (Å²) in [7, 11) is 0. The summed E-state index contributed by atoms with van der Waals surface area (Å²) < 4.78 is 0. The number of nitrogens with one attached hydrogen (secondary N) is 1. The summed E-state index contributed by atoms with van der Waals surface area (Å²) in [5.41, 5.74) is 0. The van der Waals surface area contributed by atoms with E-state index >= 15 is 0 Å². The number of hydrogen-bond donors (Lipinski definition) is 1. The van der Waals surface area contributed by atoms with Gasteiger partial charge >= 0.3 is 0 Å². The Morgan fingerprint density at radius 2 is 1.94 bits per heavy atom. The first-order valence-corrected chi connectivity index (χ1v) is 7.61. The fraction of sp³-hybridized carbons (Fsp3) is 1.00. The SMILES string of the molecule is CCCNC(C)CCCN(CC(C)C)C1CC1. The summed E-state index contributed by atoms with van der Waals surface area (Å²) in [6.45, 7) is 13.0. The van der Waals surface area contributed by atoms with E-state index in [1.54, 1.807) is 0 Å². The molecule has 1 fully saturated rings. The third kappa shape index (κ3) is 7.05. The summed E-state index contributed by atoms with van der Waals surface area (Å²) in [5, 5.41) is 3.57. The van der Waals surface area contributed by atoms with Crippen molar-refractivity contribution in [2.75, 3.05) is 19.6 Å². The second kappa shape index (κ2) is 8.10. The summed E-state index contributed by atoms with van der Waals surface area (Å²) in [5.74, 6) is 0.811. The van der Waals surface area contributed by atoms with Gasteiger partial charge in [-0.3, -0.25) is 0 Å². The van der Waals surface area contributed by atoms with E-state index in [1.807, 2.05) is 0 Å². The van der Waals surface area contributed by atoms with Gasteiger partial charge < -0.3 is 10.2 Å². The maximum absolute atomic E-state index is 3.57. The second-order valence-electron chi connectivity index (χ2n) is 6.12. The van der Waals surface area contributed by atoms with E-state index in [4.69, 9.17) is 0 Å². The monoisotopic (exact) mass is 240 g/mol. The lowest BCUT2D eigenvalue weighted by Crippen LogP contribution is -2.33. The van der Waals surface area contributed by atoms with Gasteiger partial charge in [-0.25, -0.2) is 0 Å². The van der Waals surface area contributed by atoms with Crippen molar-refractivity contribution in [3.8, 4) is 0 Å². The van der Waals surface area contributed by atoms with Crippen LogP contribution in [-0.4, -0.2) is 36.6 Å². The molecule has 0 amide bonds. The minimum Gasteiger partial charge on any atom is -0.314 e. The molecule has 1 rings (SSSR count). The molecule has 0 aromatic carbocycles. The lowest BCUT2D eigenvalue weighted by molar-refractivity contribution is 0.227. The molecule has 0 heterocycles. The number of rotatable bonds is 10. The Labute approximate surface area is 108 Å². The predicted octanol–water partition coefficient (Wildman–Crippen LogP) is 3.28. The molecule has 0 saturated heterocycles. The lowest BCUT2D eigenvalue weighted by atomic mass is 10.1. The summed E-state index contributed by atoms with van der Waals surface area (Å²) in [6, 6.07) is 1.62. The second-order valence-corrected chi connectivity index (χ2v) is 6.12. The summed E-state index contributed by atoms with van der Waals surface area (Å²) in [6.07, 6.45) is 6.79. The maximum atomic E-state index is 3.57. The molecule has 0 aliphatic heterocycles. The molecule has 0 radical (unpaired) electrons. The predicted molar refractivity (Wildman–Crippen MR) is 76.4 cm³/mol. The Hall–Kier alpha value is -0.0800. The first kappa shape index (κ1) is 15.0. The molecule has 1 aliphatic carbocycles. The Morgan fingerprint density at radius 3 is 2.47 bits per heavy atom. The minimum atomic E-state index is 0.690. The van der Waals surface area contributed by atoms with E-state index in [-0.39, 0.29) is 0 Å². The van der Waals surface area contributed by atoms with E-state index in [0.29, 0.717) is 6.04 Å². The third-order valence-electron chi connectivity index (χ3n) is 3.49. The molecule has 1 atom stereocenters. The van der Waals surface area contributed by atoms with Gasteiger partial charge in [0.1, 0.15) is 0 Å². The lowest BCUT2D eigenvalue weighted by Gasteiger charge is -2.24. The highest BCUT2D eigenvalue weighted by Crippen LogP contribution is 2.27. The molecule has 0 bridgehead atoms. The summed E-state index contributed by atoms with van der Waals surface area (Å²) >= 11 is 0. The Morgan fingerprint density at radius 1 is 1.24 bits per heavy atom. The summed E-state index contributed by atoms with van der Waals surface area (Å²) in [4.78, 5) is 2.72. The highest BCUT2D eigenvalue weighted by molar-refractivity contribution is 4.85. The Kier molecular flexibility index (Phi) is 7.14. The zero-order valence-electron chi connectivity index (χ0n) is 12.3. The molecule has 2 nitrogen and oxygen atoms in total. The van der Waals surface area contributed by atoms with Gasteiger partial charge in [0.05, 0.1) is 0 Å². The first-order valence-electron chi connectivity index (χ1n) is 7.61. The van der Waals surface area contributed by atoms with Gasteiger partial charge in [-0.05, 0) is 58.0 Å². The highest BCUT2D eigenvalue weighted by atomic mass is 15.2. The van der Waals surface area contributed by atoms with Gasteiger partial charge in [0, 0.05) is 18.6 Å². The van der Waals surface area contributed by atoms with Crippen molar-refractivity contribution in [1.29, 1.82) is 0 Å². The van der Waals surface area contributed by atoms with Crippen molar-refractivity contribution in [2.24, 2.45) is 5.92 Å². The van der Waals surface area contributed by atoms with Crippen molar-refractivity contribution in [2.45, 2.75) is 71.9 Å². The zero-order valence-corrected chi connectivity index (χ0v) is 12.3. The zero-order chi connectivity index (χ0) is 12.7. The van der Waals surface area contributed by atoms with Crippen molar-refractivity contribution in [1.82, 2.24) is 10.2 Å². The van der Waals surface area contributed by atoms with Crippen LogP contribution in [0.4, 0.5) is 0 Å². The largest absolute Gasteiger partial charge is 0.314 e. The molecule has 17 heavy (non-hydrogen) atoms. The van der Waals surface area contributed by atoms with E-state index in [2.05, 4.69) is 37.9 Å². The van der Waals surface area contributed by atoms with Crippen LogP contribution in [0, 0.1) is 5.92 Å². The standard InChI is InChI=1S/C15H32N2/c1-5-10-16-14(4)7-6-11-17(12-13(2)3)15-8-9-15/h13-16H,5-12H2,1-4H3. The molecule has 1 N–H and O–H groups in total. The van der Waals surface area contributed by atoms with Crippen LogP contribution < -0.4 is 5.32 Å². The molecular weight excluding hydrogens is 208 g/mol. The molecular formula is C15H32N2. The molecule has 1 saturated carbocycles. The van der Waals surface area contributed by atoms with Crippen LogP contribution in [0.3, 0.4) is 0 Å². The van der Waals surface area contributed by atoms with Gasteiger partial charge in [0.15, 0.2) is 0 Å². The minimum absolute atomic E-state index is 0.690. The van der Waals surface area contributed by atoms with Crippen LogP contribution in [0.15, 0.2) is 0 Å². The van der Waals surface area contributed by atoms with E-state index in [9.17, 15) is 0 Å². The van der Waals surface area contributed by atoms with Crippen LogP contribution in [0.25, 0.3) is 0 Å². The van der Waals surface area contributed by atoms with Gasteiger partial charge in [-0.15, -0.1) is 0 Å².